The van der Waals surface area contributed by atoms with E-state index in [1.807, 2.05) is 38.1 Å². The molecule has 4 rings (SSSR count). The number of hydrogen-bond acceptors (Lipinski definition) is 6. The molecule has 1 spiro atoms. The first kappa shape index (κ1) is 30.2. The zero-order valence-electron chi connectivity index (χ0n) is 23.2. The molecule has 0 radical (unpaired) electrons. The summed E-state index contributed by atoms with van der Waals surface area (Å²) >= 11 is 5.48. The monoisotopic (exact) mass is 623 g/mol. The molecule has 0 aliphatic carbocycles. The maximum absolute atomic E-state index is 14.1. The first-order valence-corrected chi connectivity index (χ1v) is 16.1. The van der Waals surface area contributed by atoms with Gasteiger partial charge < -0.3 is 25.4 Å². The molecule has 3 saturated heterocycles. The topological polar surface area (TPSA) is 108 Å². The Morgan fingerprint density at radius 3 is 2.56 bits per heavy atom. The van der Waals surface area contributed by atoms with Crippen LogP contribution in [0.15, 0.2) is 24.3 Å². The lowest BCUT2D eigenvalue weighted by atomic mass is 9.70. The molecular formula is C29H42BrN3O5S. The Kier molecular flexibility index (Phi) is 10.3. The normalized spacial score (nSPS) is 29.8. The highest BCUT2D eigenvalue weighted by atomic mass is 79.9. The summed E-state index contributed by atoms with van der Waals surface area (Å²) in [7, 11) is 0. The Hall–Kier alpha value is -1.78. The SMILES string of the molecule is CCCC(C)NC(=O)C1N(CCCCCCO)C(=O)[C@@H]2[C@@H](C(=O)Nc3ccc(OCC)cc3)[C@@H]3SC12CC3Br. The van der Waals surface area contributed by atoms with E-state index >= 15 is 0 Å². The first-order valence-electron chi connectivity index (χ1n) is 14.3. The number of rotatable bonds is 14. The van der Waals surface area contributed by atoms with Crippen molar-refractivity contribution in [2.75, 3.05) is 25.1 Å². The van der Waals surface area contributed by atoms with E-state index in [0.717, 1.165) is 44.3 Å². The largest absolute Gasteiger partial charge is 0.494 e. The summed E-state index contributed by atoms with van der Waals surface area (Å²) in [5.74, 6) is -0.709. The summed E-state index contributed by atoms with van der Waals surface area (Å²) < 4.78 is 4.87. The molecule has 3 amide bonds. The van der Waals surface area contributed by atoms with Crippen molar-refractivity contribution in [2.24, 2.45) is 11.8 Å². The zero-order valence-corrected chi connectivity index (χ0v) is 25.6. The van der Waals surface area contributed by atoms with Crippen LogP contribution < -0.4 is 15.4 Å². The van der Waals surface area contributed by atoms with E-state index in [0.29, 0.717) is 25.3 Å². The van der Waals surface area contributed by atoms with Crippen molar-refractivity contribution in [3.8, 4) is 5.75 Å². The number of fused-ring (bicyclic) bond motifs is 1. The summed E-state index contributed by atoms with van der Waals surface area (Å²) in [6.45, 7) is 7.22. The predicted octanol–water partition coefficient (Wildman–Crippen LogP) is 4.35. The van der Waals surface area contributed by atoms with Gasteiger partial charge in [-0.3, -0.25) is 14.4 Å². The van der Waals surface area contributed by atoms with Crippen LogP contribution in [0.2, 0.25) is 0 Å². The molecule has 216 valence electrons. The summed E-state index contributed by atoms with van der Waals surface area (Å²) in [6.07, 6.45) is 5.75. The average molecular weight is 625 g/mol. The number of aliphatic hydroxyl groups is 1. The van der Waals surface area contributed by atoms with Crippen LogP contribution in [0, 0.1) is 11.8 Å². The average Bonchev–Trinajstić information content (AvgIpc) is 3.48. The molecule has 7 atom stereocenters. The second-order valence-corrected chi connectivity index (χ2v) is 13.7. The van der Waals surface area contributed by atoms with Gasteiger partial charge in [-0.2, -0.15) is 0 Å². The number of nitrogens with one attached hydrogen (secondary N) is 2. The number of halogens is 1. The molecule has 3 fully saturated rings. The van der Waals surface area contributed by atoms with Crippen molar-refractivity contribution < 1.29 is 24.2 Å². The lowest BCUT2D eigenvalue weighted by Crippen LogP contribution is -2.55. The fourth-order valence-electron chi connectivity index (χ4n) is 6.57. The number of benzene rings is 1. The molecule has 4 unspecified atom stereocenters. The minimum atomic E-state index is -0.641. The number of amides is 3. The van der Waals surface area contributed by atoms with Crippen molar-refractivity contribution in [1.29, 1.82) is 0 Å². The Bertz CT molecular complexity index is 1030. The van der Waals surface area contributed by atoms with Gasteiger partial charge in [0.05, 0.1) is 23.2 Å². The number of hydrogen-bond donors (Lipinski definition) is 3. The van der Waals surface area contributed by atoms with Crippen molar-refractivity contribution >= 4 is 51.1 Å². The van der Waals surface area contributed by atoms with Crippen molar-refractivity contribution in [3.63, 3.8) is 0 Å². The second kappa shape index (κ2) is 13.3. The van der Waals surface area contributed by atoms with Crippen molar-refractivity contribution in [2.45, 2.75) is 92.6 Å². The number of aliphatic hydroxyl groups excluding tert-OH is 1. The number of nitrogens with zero attached hydrogens (tertiary/aromatic N) is 1. The smallest absolute Gasteiger partial charge is 0.244 e. The molecule has 3 N–H and O–H groups in total. The third-order valence-corrected chi connectivity index (χ3v) is 11.4. The molecule has 8 nitrogen and oxygen atoms in total. The van der Waals surface area contributed by atoms with Crippen LogP contribution in [0.25, 0.3) is 0 Å². The molecule has 1 aromatic rings. The van der Waals surface area contributed by atoms with Gasteiger partial charge in [0, 0.05) is 35.0 Å². The van der Waals surface area contributed by atoms with Crippen molar-refractivity contribution in [1.82, 2.24) is 10.2 Å². The molecule has 2 bridgehead atoms. The van der Waals surface area contributed by atoms with Gasteiger partial charge in [-0.25, -0.2) is 0 Å². The fraction of sp³-hybridized carbons (Fsp3) is 0.690. The second-order valence-electron chi connectivity index (χ2n) is 11.0. The molecule has 3 aliphatic rings. The van der Waals surface area contributed by atoms with Crippen LogP contribution >= 0.6 is 27.7 Å². The molecule has 3 aliphatic heterocycles. The highest BCUT2D eigenvalue weighted by molar-refractivity contribution is 9.09. The number of unbranched alkanes of at least 4 members (excludes halogenated alkanes) is 3. The number of carbonyl (C=O) groups excluding carboxylic acids is 3. The number of alkyl halides is 1. The van der Waals surface area contributed by atoms with Gasteiger partial charge in [0.2, 0.25) is 17.7 Å². The van der Waals surface area contributed by atoms with Crippen LogP contribution in [-0.4, -0.2) is 74.4 Å². The minimum Gasteiger partial charge on any atom is -0.494 e. The Labute approximate surface area is 244 Å². The van der Waals surface area contributed by atoms with E-state index < -0.39 is 22.6 Å². The zero-order chi connectivity index (χ0) is 28.2. The van der Waals surface area contributed by atoms with E-state index in [-0.39, 0.29) is 40.4 Å². The van der Waals surface area contributed by atoms with Crippen LogP contribution in [0.4, 0.5) is 5.69 Å². The number of likely N-dealkylation sites (tertiary alicyclic amines) is 1. The summed E-state index contributed by atoms with van der Waals surface area (Å²) in [6, 6.07) is 6.67. The van der Waals surface area contributed by atoms with Gasteiger partial charge in [0.25, 0.3) is 0 Å². The van der Waals surface area contributed by atoms with Gasteiger partial charge in [-0.05, 0) is 63.8 Å². The Morgan fingerprint density at radius 2 is 1.90 bits per heavy atom. The lowest BCUT2D eigenvalue weighted by molar-refractivity contribution is -0.139. The van der Waals surface area contributed by atoms with Gasteiger partial charge in [0.1, 0.15) is 11.8 Å². The molecule has 0 aromatic heterocycles. The van der Waals surface area contributed by atoms with E-state index in [1.165, 1.54) is 0 Å². The molecule has 1 aromatic carbocycles. The molecule has 3 heterocycles. The summed E-state index contributed by atoms with van der Waals surface area (Å²) in [5, 5.41) is 15.3. The molecule has 0 saturated carbocycles. The minimum absolute atomic E-state index is 0.0154. The van der Waals surface area contributed by atoms with Gasteiger partial charge in [0.15, 0.2) is 0 Å². The van der Waals surface area contributed by atoms with Crippen LogP contribution in [0.5, 0.6) is 5.75 Å². The van der Waals surface area contributed by atoms with Gasteiger partial charge >= 0.3 is 0 Å². The maximum Gasteiger partial charge on any atom is 0.244 e. The van der Waals surface area contributed by atoms with Crippen LogP contribution in [0.3, 0.4) is 0 Å². The van der Waals surface area contributed by atoms with E-state index in [2.05, 4.69) is 33.5 Å². The molecule has 10 heteroatoms. The quantitative estimate of drug-likeness (QED) is 0.210. The number of ether oxygens (including phenoxy) is 1. The Morgan fingerprint density at radius 1 is 1.18 bits per heavy atom. The van der Waals surface area contributed by atoms with E-state index in [9.17, 15) is 14.4 Å². The Balaban J connectivity index is 1.59. The molecular weight excluding hydrogens is 582 g/mol. The fourth-order valence-corrected chi connectivity index (χ4v) is 10.2. The first-order chi connectivity index (χ1) is 18.8. The standard InChI is InChI=1S/C29H42BrN3O5S/c1-4-10-18(3)31-27(36)25-29-17-21(30)24(39-29)22(23(29)28(37)33(25)15-8-6-7-9-16-34)26(35)32-19-11-13-20(14-12-19)38-5-2/h11-14,18,21-25,34H,4-10,15-17H2,1-3H3,(H,31,36)(H,32,35)/t18?,21?,22-,23+,24-,25?,29?/m1/s1. The predicted molar refractivity (Wildman–Crippen MR) is 158 cm³/mol. The van der Waals surface area contributed by atoms with Gasteiger partial charge in [-0.1, -0.05) is 42.1 Å². The number of thioether (sulfide) groups is 1. The lowest BCUT2D eigenvalue weighted by Gasteiger charge is -2.36. The number of carbonyl (C=O) groups is 3. The summed E-state index contributed by atoms with van der Waals surface area (Å²) in [5.41, 5.74) is 0.658. The van der Waals surface area contributed by atoms with E-state index in [1.54, 1.807) is 16.7 Å². The highest BCUT2D eigenvalue weighted by Gasteiger charge is 2.75. The van der Waals surface area contributed by atoms with Gasteiger partial charge in [-0.15, -0.1) is 11.8 Å². The number of anilines is 1. The third kappa shape index (κ3) is 6.12. The van der Waals surface area contributed by atoms with Crippen molar-refractivity contribution in [3.05, 3.63) is 24.3 Å². The van der Waals surface area contributed by atoms with Crippen LogP contribution in [-0.2, 0) is 14.4 Å². The summed E-state index contributed by atoms with van der Waals surface area (Å²) in [4.78, 5) is 43.5. The third-order valence-electron chi connectivity index (χ3n) is 8.19. The van der Waals surface area contributed by atoms with Crippen LogP contribution in [0.1, 0.15) is 65.7 Å². The van der Waals surface area contributed by atoms with E-state index in [4.69, 9.17) is 9.84 Å². The maximum atomic E-state index is 14.1. The molecule has 39 heavy (non-hydrogen) atoms. The highest BCUT2D eigenvalue weighted by Crippen LogP contribution is 2.67.